The third kappa shape index (κ3) is 6.99. The summed E-state index contributed by atoms with van der Waals surface area (Å²) < 4.78 is 0. The molecule has 0 saturated heterocycles. The number of hydrogen-bond acceptors (Lipinski definition) is 6. The van der Waals surface area contributed by atoms with Crippen molar-refractivity contribution in [2.45, 2.75) is 24.7 Å². The van der Waals surface area contributed by atoms with E-state index in [0.717, 1.165) is 29.0 Å². The SMILES string of the molecule is CC(=O)NCCCc1ccc(-c2csc(NC(=O)CSc3ccncc3)n2)cc1. The summed E-state index contributed by atoms with van der Waals surface area (Å²) >= 11 is 2.88. The average Bonchev–Trinajstić information content (AvgIpc) is 3.19. The van der Waals surface area contributed by atoms with Gasteiger partial charge in [0.15, 0.2) is 5.13 Å². The third-order valence-corrected chi connectivity index (χ3v) is 5.81. The molecule has 1 aromatic carbocycles. The molecule has 0 saturated carbocycles. The van der Waals surface area contributed by atoms with Crippen molar-refractivity contribution in [3.05, 3.63) is 59.7 Å². The maximum atomic E-state index is 12.1. The minimum absolute atomic E-state index is 0.00253. The van der Waals surface area contributed by atoms with Gasteiger partial charge in [-0.05, 0) is 30.5 Å². The van der Waals surface area contributed by atoms with E-state index in [1.807, 2.05) is 29.6 Å². The number of anilines is 1. The molecule has 6 nitrogen and oxygen atoms in total. The summed E-state index contributed by atoms with van der Waals surface area (Å²) in [4.78, 5) is 32.5. The van der Waals surface area contributed by atoms with Crippen molar-refractivity contribution in [1.29, 1.82) is 0 Å². The number of hydrogen-bond donors (Lipinski definition) is 2. The Bertz CT molecular complexity index is 943. The molecule has 0 spiro atoms. The Balaban J connectivity index is 1.48. The van der Waals surface area contributed by atoms with Gasteiger partial charge >= 0.3 is 0 Å². The molecule has 0 fully saturated rings. The van der Waals surface area contributed by atoms with Crippen molar-refractivity contribution >= 4 is 40.0 Å². The van der Waals surface area contributed by atoms with E-state index in [2.05, 4.69) is 32.7 Å². The zero-order valence-electron chi connectivity index (χ0n) is 16.1. The number of thiazole rings is 1. The molecule has 2 aromatic heterocycles. The van der Waals surface area contributed by atoms with E-state index < -0.39 is 0 Å². The second-order valence-corrected chi connectivity index (χ2v) is 8.25. The molecule has 0 aliphatic heterocycles. The smallest absolute Gasteiger partial charge is 0.236 e. The molecular formula is C21H22N4O2S2. The fourth-order valence-corrected chi connectivity index (χ4v) is 4.02. The van der Waals surface area contributed by atoms with Crippen LogP contribution in [0.25, 0.3) is 11.3 Å². The molecule has 3 rings (SSSR count). The van der Waals surface area contributed by atoms with Crippen molar-refractivity contribution < 1.29 is 9.59 Å². The molecule has 0 atom stereocenters. The lowest BCUT2D eigenvalue weighted by molar-refractivity contribution is -0.119. The first-order chi connectivity index (χ1) is 14.1. The average molecular weight is 427 g/mol. The Morgan fingerprint density at radius 2 is 1.86 bits per heavy atom. The summed E-state index contributed by atoms with van der Waals surface area (Å²) in [7, 11) is 0. The highest BCUT2D eigenvalue weighted by molar-refractivity contribution is 8.00. The van der Waals surface area contributed by atoms with Crippen molar-refractivity contribution in [2.24, 2.45) is 0 Å². The van der Waals surface area contributed by atoms with E-state index in [9.17, 15) is 9.59 Å². The van der Waals surface area contributed by atoms with Crippen LogP contribution in [-0.4, -0.2) is 34.1 Å². The lowest BCUT2D eigenvalue weighted by atomic mass is 10.1. The molecule has 2 amide bonds. The summed E-state index contributed by atoms with van der Waals surface area (Å²) in [6, 6.07) is 12.0. The normalized spacial score (nSPS) is 10.5. The van der Waals surface area contributed by atoms with Crippen molar-refractivity contribution in [3.63, 3.8) is 0 Å². The first-order valence-electron chi connectivity index (χ1n) is 9.22. The monoisotopic (exact) mass is 426 g/mol. The molecule has 0 bridgehead atoms. The number of amides is 2. The van der Waals surface area contributed by atoms with Crippen molar-refractivity contribution in [2.75, 3.05) is 17.6 Å². The van der Waals surface area contributed by atoms with Gasteiger partial charge in [-0.1, -0.05) is 24.3 Å². The van der Waals surface area contributed by atoms with E-state index in [4.69, 9.17) is 0 Å². The van der Waals surface area contributed by atoms with E-state index >= 15 is 0 Å². The Morgan fingerprint density at radius 3 is 2.59 bits per heavy atom. The Kier molecular flexibility index (Phi) is 7.77. The highest BCUT2D eigenvalue weighted by Crippen LogP contribution is 2.26. The zero-order valence-corrected chi connectivity index (χ0v) is 17.7. The predicted molar refractivity (Wildman–Crippen MR) is 118 cm³/mol. The molecule has 8 heteroatoms. The number of carbonyl (C=O) groups is 2. The Hall–Kier alpha value is -2.71. The fraction of sp³-hybridized carbons (Fsp3) is 0.238. The molecule has 0 aliphatic carbocycles. The molecule has 3 aromatic rings. The number of benzene rings is 1. The third-order valence-electron chi connectivity index (χ3n) is 4.04. The second-order valence-electron chi connectivity index (χ2n) is 6.34. The van der Waals surface area contributed by atoms with Gasteiger partial charge in [0.2, 0.25) is 11.8 Å². The molecule has 0 unspecified atom stereocenters. The van der Waals surface area contributed by atoms with Crippen LogP contribution in [0.1, 0.15) is 18.9 Å². The minimum Gasteiger partial charge on any atom is -0.356 e. The lowest BCUT2D eigenvalue weighted by Gasteiger charge is -2.04. The molecule has 2 N–H and O–H groups in total. The van der Waals surface area contributed by atoms with Crippen LogP contribution >= 0.6 is 23.1 Å². The van der Waals surface area contributed by atoms with Crippen LogP contribution in [0.2, 0.25) is 0 Å². The fourth-order valence-electron chi connectivity index (χ4n) is 2.60. The lowest BCUT2D eigenvalue weighted by Crippen LogP contribution is -2.21. The van der Waals surface area contributed by atoms with Gasteiger partial charge in [-0.15, -0.1) is 23.1 Å². The molecule has 0 aliphatic rings. The second kappa shape index (κ2) is 10.7. The van der Waals surface area contributed by atoms with Crippen LogP contribution in [0.3, 0.4) is 0 Å². The number of nitrogens with one attached hydrogen (secondary N) is 2. The van der Waals surface area contributed by atoms with Gasteiger partial charge in [0.05, 0.1) is 11.4 Å². The summed E-state index contributed by atoms with van der Waals surface area (Å²) in [6.07, 6.45) is 5.24. The van der Waals surface area contributed by atoms with Gasteiger partial charge in [0.1, 0.15) is 0 Å². The number of thioether (sulfide) groups is 1. The first kappa shape index (κ1) is 21.0. The topological polar surface area (TPSA) is 84.0 Å². The van der Waals surface area contributed by atoms with Crippen molar-refractivity contribution in [3.8, 4) is 11.3 Å². The van der Waals surface area contributed by atoms with Crippen LogP contribution < -0.4 is 10.6 Å². The molecular weight excluding hydrogens is 404 g/mol. The minimum atomic E-state index is -0.0813. The molecule has 150 valence electrons. The predicted octanol–water partition coefficient (Wildman–Crippen LogP) is 4.00. The van der Waals surface area contributed by atoms with Gasteiger partial charge in [-0.3, -0.25) is 14.6 Å². The largest absolute Gasteiger partial charge is 0.356 e. The zero-order chi connectivity index (χ0) is 20.5. The van der Waals surface area contributed by atoms with Crippen LogP contribution in [0, 0.1) is 0 Å². The molecule has 2 heterocycles. The Morgan fingerprint density at radius 1 is 1.10 bits per heavy atom. The van der Waals surface area contributed by atoms with Gasteiger partial charge in [-0.2, -0.15) is 0 Å². The number of aromatic nitrogens is 2. The summed E-state index contributed by atoms with van der Waals surface area (Å²) in [5.41, 5.74) is 3.08. The number of pyridine rings is 1. The molecule has 0 radical (unpaired) electrons. The standard InChI is InChI=1S/C21H22N4O2S2/c1-15(26)23-10-2-3-16-4-6-17(7-5-16)19-13-29-21(24-19)25-20(27)14-28-18-8-11-22-12-9-18/h4-9,11-13H,2-3,10,14H2,1H3,(H,23,26)(H,24,25,27). The van der Waals surface area contributed by atoms with Gasteiger partial charge in [0.25, 0.3) is 0 Å². The highest BCUT2D eigenvalue weighted by Gasteiger charge is 2.09. The van der Waals surface area contributed by atoms with Crippen LogP contribution in [0.15, 0.2) is 59.1 Å². The maximum absolute atomic E-state index is 12.1. The van der Waals surface area contributed by atoms with Crippen LogP contribution in [0.5, 0.6) is 0 Å². The van der Waals surface area contributed by atoms with Crippen molar-refractivity contribution in [1.82, 2.24) is 15.3 Å². The van der Waals surface area contributed by atoms with Crippen LogP contribution in [-0.2, 0) is 16.0 Å². The summed E-state index contributed by atoms with van der Waals surface area (Å²) in [6.45, 7) is 2.21. The van der Waals surface area contributed by atoms with Crippen LogP contribution in [0.4, 0.5) is 5.13 Å². The molecule has 29 heavy (non-hydrogen) atoms. The summed E-state index contributed by atoms with van der Waals surface area (Å²) in [5, 5.41) is 8.20. The highest BCUT2D eigenvalue weighted by atomic mass is 32.2. The van der Waals surface area contributed by atoms with Gasteiger partial charge in [-0.25, -0.2) is 4.98 Å². The summed E-state index contributed by atoms with van der Waals surface area (Å²) in [5.74, 6) is 0.247. The van der Waals surface area contributed by atoms with E-state index in [1.165, 1.54) is 35.6 Å². The quantitative estimate of drug-likeness (QED) is 0.399. The van der Waals surface area contributed by atoms with E-state index in [-0.39, 0.29) is 11.8 Å². The van der Waals surface area contributed by atoms with E-state index in [0.29, 0.717) is 17.4 Å². The van der Waals surface area contributed by atoms with Gasteiger partial charge in [0, 0.05) is 41.7 Å². The number of carbonyl (C=O) groups excluding carboxylic acids is 2. The number of nitrogens with zero attached hydrogens (tertiary/aromatic N) is 2. The first-order valence-corrected chi connectivity index (χ1v) is 11.1. The number of rotatable bonds is 9. The van der Waals surface area contributed by atoms with E-state index in [1.54, 1.807) is 12.4 Å². The number of aryl methyl sites for hydroxylation is 1. The van der Waals surface area contributed by atoms with Gasteiger partial charge < -0.3 is 10.6 Å². The maximum Gasteiger partial charge on any atom is 0.236 e. The Labute approximate surface area is 178 Å².